The quantitative estimate of drug-likeness (QED) is 0.462. The molecule has 0 aromatic heterocycles. The molecule has 11 nitrogen and oxygen atoms in total. The number of nitrogens with zero attached hydrogens (tertiary/aromatic N) is 1. The highest BCUT2D eigenvalue weighted by molar-refractivity contribution is 5.77. The first kappa shape index (κ1) is 20.6. The monoisotopic (exact) mass is 387 g/mol. The molecule has 0 aliphatic carbocycles. The second kappa shape index (κ2) is 7.91. The standard InChI is InChI=1S/C16H21NO10/c1-7-17-15-14(24-10(4)20)13(23-9(3)19)12(6-22-8(2)18)27-16(15,25-7)26-11(5)21/h12-15H,6H2,1-5H3. The Labute approximate surface area is 154 Å². The van der Waals surface area contributed by atoms with Gasteiger partial charge in [0.2, 0.25) is 6.04 Å². The van der Waals surface area contributed by atoms with Crippen molar-refractivity contribution in [3.8, 4) is 0 Å². The number of carbonyl (C=O) groups is 4. The summed E-state index contributed by atoms with van der Waals surface area (Å²) in [6.07, 6.45) is -3.55. The molecule has 0 N–H and O–H groups in total. The minimum Gasteiger partial charge on any atom is -0.463 e. The molecule has 2 heterocycles. The van der Waals surface area contributed by atoms with Gasteiger partial charge < -0.3 is 23.7 Å². The highest BCUT2D eigenvalue weighted by Gasteiger charge is 2.65. The molecule has 150 valence electrons. The molecule has 0 saturated carbocycles. The lowest BCUT2D eigenvalue weighted by molar-refractivity contribution is -0.390. The summed E-state index contributed by atoms with van der Waals surface area (Å²) in [5.41, 5.74) is 0. The molecular weight excluding hydrogens is 366 g/mol. The first-order valence-corrected chi connectivity index (χ1v) is 8.12. The van der Waals surface area contributed by atoms with Gasteiger partial charge >= 0.3 is 29.9 Å². The Bertz CT molecular complexity index is 674. The van der Waals surface area contributed by atoms with E-state index in [0.29, 0.717) is 0 Å². The molecule has 0 aromatic carbocycles. The molecule has 0 radical (unpaired) electrons. The molecule has 0 spiro atoms. The van der Waals surface area contributed by atoms with Crippen molar-refractivity contribution in [3.05, 3.63) is 0 Å². The number of ether oxygens (including phenoxy) is 6. The largest absolute Gasteiger partial charge is 0.463 e. The van der Waals surface area contributed by atoms with Crippen LogP contribution < -0.4 is 0 Å². The minimum absolute atomic E-state index is 0.105. The summed E-state index contributed by atoms with van der Waals surface area (Å²) in [7, 11) is 0. The molecular formula is C16H21NO10. The topological polar surface area (TPSA) is 136 Å². The van der Waals surface area contributed by atoms with Gasteiger partial charge in [-0.05, 0) is 0 Å². The molecule has 2 rings (SSSR count). The van der Waals surface area contributed by atoms with Gasteiger partial charge in [0, 0.05) is 34.6 Å². The van der Waals surface area contributed by atoms with Crippen LogP contribution in [-0.4, -0.2) is 66.7 Å². The first-order chi connectivity index (χ1) is 12.5. The number of fused-ring (bicyclic) bond motifs is 1. The van der Waals surface area contributed by atoms with Gasteiger partial charge in [0.15, 0.2) is 18.1 Å². The second-order valence-electron chi connectivity index (χ2n) is 6.00. The molecule has 1 fully saturated rings. The number of hydrogen-bond donors (Lipinski definition) is 0. The van der Waals surface area contributed by atoms with Crippen LogP contribution in [0.15, 0.2) is 4.99 Å². The number of hydrogen-bond acceptors (Lipinski definition) is 11. The summed E-state index contributed by atoms with van der Waals surface area (Å²) in [6, 6.07) is -1.15. The Morgan fingerprint density at radius 3 is 2.07 bits per heavy atom. The number of rotatable bonds is 5. The minimum atomic E-state index is -2.04. The Kier molecular flexibility index (Phi) is 6.04. The molecule has 11 heteroatoms. The van der Waals surface area contributed by atoms with Gasteiger partial charge in [-0.15, -0.1) is 0 Å². The molecule has 0 amide bonds. The van der Waals surface area contributed by atoms with Gasteiger partial charge in [-0.1, -0.05) is 0 Å². The predicted octanol–water partition coefficient (Wildman–Crippen LogP) is -0.154. The maximum atomic E-state index is 11.6. The van der Waals surface area contributed by atoms with Crippen LogP contribution in [0.4, 0.5) is 0 Å². The zero-order valence-corrected chi connectivity index (χ0v) is 15.5. The lowest BCUT2D eigenvalue weighted by Gasteiger charge is -2.45. The van der Waals surface area contributed by atoms with Crippen LogP contribution in [0.25, 0.3) is 0 Å². The fraction of sp³-hybridized carbons (Fsp3) is 0.688. The highest BCUT2D eigenvalue weighted by Crippen LogP contribution is 2.41. The maximum Gasteiger partial charge on any atom is 0.403 e. The third-order valence-electron chi connectivity index (χ3n) is 3.63. The van der Waals surface area contributed by atoms with Crippen molar-refractivity contribution in [1.82, 2.24) is 0 Å². The van der Waals surface area contributed by atoms with Gasteiger partial charge in [0.25, 0.3) is 0 Å². The SMILES string of the molecule is CC(=O)OCC1OC2(OC(C)=O)OC(C)=NC2C(OC(C)=O)C1OC(C)=O. The Hall–Kier alpha value is -2.69. The summed E-state index contributed by atoms with van der Waals surface area (Å²) in [4.78, 5) is 50.2. The highest BCUT2D eigenvalue weighted by atomic mass is 16.9. The van der Waals surface area contributed by atoms with Crippen molar-refractivity contribution >= 4 is 29.8 Å². The van der Waals surface area contributed by atoms with Gasteiger partial charge in [-0.25, -0.2) is 4.99 Å². The normalized spacial score (nSPS) is 31.7. The van der Waals surface area contributed by atoms with Crippen LogP contribution in [-0.2, 0) is 47.6 Å². The zero-order valence-electron chi connectivity index (χ0n) is 15.5. The first-order valence-electron chi connectivity index (χ1n) is 8.12. The van der Waals surface area contributed by atoms with Gasteiger partial charge in [-0.2, -0.15) is 0 Å². The lowest BCUT2D eigenvalue weighted by atomic mass is 9.95. The molecule has 2 aliphatic rings. The Morgan fingerprint density at radius 1 is 0.963 bits per heavy atom. The Morgan fingerprint density at radius 2 is 1.56 bits per heavy atom. The van der Waals surface area contributed by atoms with E-state index in [1.54, 1.807) is 0 Å². The van der Waals surface area contributed by atoms with Crippen molar-refractivity contribution in [2.45, 2.75) is 64.9 Å². The van der Waals surface area contributed by atoms with Crippen molar-refractivity contribution < 1.29 is 47.6 Å². The van der Waals surface area contributed by atoms with E-state index in [4.69, 9.17) is 28.4 Å². The van der Waals surface area contributed by atoms with Crippen LogP contribution in [0.3, 0.4) is 0 Å². The van der Waals surface area contributed by atoms with Gasteiger partial charge in [0.05, 0.1) is 0 Å². The smallest absolute Gasteiger partial charge is 0.403 e. The van der Waals surface area contributed by atoms with E-state index < -0.39 is 54.2 Å². The van der Waals surface area contributed by atoms with Crippen molar-refractivity contribution in [3.63, 3.8) is 0 Å². The van der Waals surface area contributed by atoms with Crippen molar-refractivity contribution in [2.24, 2.45) is 4.99 Å². The van der Waals surface area contributed by atoms with Crippen molar-refractivity contribution in [2.75, 3.05) is 6.61 Å². The third-order valence-corrected chi connectivity index (χ3v) is 3.63. The average Bonchev–Trinajstić information content (AvgIpc) is 2.82. The predicted molar refractivity (Wildman–Crippen MR) is 85.1 cm³/mol. The molecule has 27 heavy (non-hydrogen) atoms. The average molecular weight is 387 g/mol. The van der Waals surface area contributed by atoms with E-state index in [9.17, 15) is 19.2 Å². The fourth-order valence-electron chi connectivity index (χ4n) is 2.90. The summed E-state index contributed by atoms with van der Waals surface area (Å²) < 4.78 is 31.9. The van der Waals surface area contributed by atoms with Crippen molar-refractivity contribution in [1.29, 1.82) is 0 Å². The van der Waals surface area contributed by atoms with E-state index in [1.807, 2.05) is 0 Å². The molecule has 2 aliphatic heterocycles. The summed E-state index contributed by atoms with van der Waals surface area (Å²) in [6.45, 7) is 5.73. The third kappa shape index (κ3) is 4.73. The molecule has 0 bridgehead atoms. The Balaban J connectivity index is 2.46. The van der Waals surface area contributed by atoms with E-state index in [2.05, 4.69) is 4.99 Å². The number of aliphatic imine (C=N–C) groups is 1. The number of esters is 4. The van der Waals surface area contributed by atoms with E-state index in [0.717, 1.165) is 20.8 Å². The van der Waals surface area contributed by atoms with E-state index >= 15 is 0 Å². The maximum absolute atomic E-state index is 11.6. The fourth-order valence-corrected chi connectivity index (χ4v) is 2.90. The summed E-state index contributed by atoms with van der Waals surface area (Å²) >= 11 is 0. The van der Waals surface area contributed by atoms with Crippen LogP contribution in [0.5, 0.6) is 0 Å². The summed E-state index contributed by atoms with van der Waals surface area (Å²) in [5, 5.41) is 0. The summed E-state index contributed by atoms with van der Waals surface area (Å²) in [5.74, 6) is -4.68. The molecule has 0 aromatic rings. The van der Waals surface area contributed by atoms with Gasteiger partial charge in [-0.3, -0.25) is 23.9 Å². The second-order valence-corrected chi connectivity index (χ2v) is 6.00. The lowest BCUT2D eigenvalue weighted by Crippen LogP contribution is -2.67. The molecule has 5 unspecified atom stereocenters. The molecule has 5 atom stereocenters. The van der Waals surface area contributed by atoms with E-state index in [-0.39, 0.29) is 12.5 Å². The van der Waals surface area contributed by atoms with E-state index in [1.165, 1.54) is 13.8 Å². The van der Waals surface area contributed by atoms with Crippen LogP contribution >= 0.6 is 0 Å². The zero-order chi connectivity index (χ0) is 20.4. The van der Waals surface area contributed by atoms with Crippen LogP contribution in [0.1, 0.15) is 34.6 Å². The molecule has 1 saturated heterocycles. The number of carbonyl (C=O) groups excluding carboxylic acids is 4. The van der Waals surface area contributed by atoms with Crippen LogP contribution in [0.2, 0.25) is 0 Å². The van der Waals surface area contributed by atoms with Gasteiger partial charge in [0.1, 0.15) is 12.7 Å². The van der Waals surface area contributed by atoms with Crippen LogP contribution in [0, 0.1) is 0 Å².